The Kier molecular flexibility index (Phi) is 4.93. The van der Waals surface area contributed by atoms with Crippen LogP contribution in [0, 0.1) is 5.92 Å². The maximum absolute atomic E-state index is 12.4. The highest BCUT2D eigenvalue weighted by molar-refractivity contribution is 7.99. The molecule has 0 aliphatic carbocycles. The molecule has 5 nitrogen and oxygen atoms in total. The predicted octanol–water partition coefficient (Wildman–Crippen LogP) is 0.373. The number of hydrogen-bond donors (Lipinski definition) is 1. The van der Waals surface area contributed by atoms with Crippen molar-refractivity contribution >= 4 is 22.0 Å². The summed E-state index contributed by atoms with van der Waals surface area (Å²) in [7, 11) is -1.61. The van der Waals surface area contributed by atoms with Gasteiger partial charge in [0.1, 0.15) is 0 Å². The zero-order valence-corrected chi connectivity index (χ0v) is 12.4. The van der Waals surface area contributed by atoms with Gasteiger partial charge in [-0.3, -0.25) is 0 Å². The first kappa shape index (κ1) is 14.6. The van der Waals surface area contributed by atoms with E-state index < -0.39 is 10.2 Å². The zero-order valence-electron chi connectivity index (χ0n) is 10.8. The molecule has 2 aliphatic rings. The van der Waals surface area contributed by atoms with Crippen molar-refractivity contribution in [2.45, 2.75) is 25.3 Å². The summed E-state index contributed by atoms with van der Waals surface area (Å²) in [5.41, 5.74) is 0. The fourth-order valence-corrected chi connectivity index (χ4v) is 5.46. The minimum absolute atomic E-state index is 0.149. The summed E-state index contributed by atoms with van der Waals surface area (Å²) in [6.07, 6.45) is 2.49. The zero-order chi connectivity index (χ0) is 13.2. The molecule has 7 heteroatoms. The summed E-state index contributed by atoms with van der Waals surface area (Å²) in [4.78, 5) is 0. The smallest absolute Gasteiger partial charge is 0.282 e. The molecule has 106 valence electrons. The van der Waals surface area contributed by atoms with Gasteiger partial charge in [-0.1, -0.05) is 0 Å². The lowest BCUT2D eigenvalue weighted by atomic mass is 10.00. The summed E-state index contributed by atoms with van der Waals surface area (Å²) < 4.78 is 28.0. The molecule has 0 spiro atoms. The van der Waals surface area contributed by atoms with Gasteiger partial charge in [-0.05, 0) is 30.9 Å². The Morgan fingerprint density at radius 1 is 1.33 bits per heavy atom. The van der Waals surface area contributed by atoms with Crippen LogP contribution in [0.5, 0.6) is 0 Å². The molecule has 1 N–H and O–H groups in total. The molecule has 0 saturated carbocycles. The van der Waals surface area contributed by atoms with Crippen LogP contribution in [0.1, 0.15) is 19.3 Å². The van der Waals surface area contributed by atoms with Gasteiger partial charge in [0, 0.05) is 38.5 Å². The standard InChI is InChI=1S/C11H22N2O3S2/c1-12(11-4-7-17-9-11)18(15,16)13-5-2-10(8-14)3-6-13/h10-11,14H,2-9H2,1H3. The van der Waals surface area contributed by atoms with E-state index in [1.165, 1.54) is 0 Å². The van der Waals surface area contributed by atoms with Crippen LogP contribution in [0.15, 0.2) is 0 Å². The first-order valence-electron chi connectivity index (χ1n) is 6.47. The van der Waals surface area contributed by atoms with E-state index in [9.17, 15) is 8.42 Å². The van der Waals surface area contributed by atoms with Gasteiger partial charge in [0.2, 0.25) is 0 Å². The minimum atomic E-state index is -3.31. The molecule has 1 atom stereocenters. The molecule has 2 heterocycles. The number of nitrogens with zero attached hydrogens (tertiary/aromatic N) is 2. The Labute approximate surface area is 114 Å². The number of piperidine rings is 1. The molecule has 2 saturated heterocycles. The van der Waals surface area contributed by atoms with Crippen molar-refractivity contribution in [3.63, 3.8) is 0 Å². The number of hydrogen-bond acceptors (Lipinski definition) is 4. The molecule has 0 aromatic carbocycles. The molecule has 2 rings (SSSR count). The predicted molar refractivity (Wildman–Crippen MR) is 73.8 cm³/mol. The first-order valence-corrected chi connectivity index (χ1v) is 9.02. The van der Waals surface area contributed by atoms with Gasteiger partial charge >= 0.3 is 0 Å². The largest absolute Gasteiger partial charge is 0.396 e. The van der Waals surface area contributed by atoms with Gasteiger partial charge < -0.3 is 5.11 Å². The Morgan fingerprint density at radius 2 is 2.00 bits per heavy atom. The maximum atomic E-state index is 12.4. The van der Waals surface area contributed by atoms with Gasteiger partial charge in [0.05, 0.1) is 0 Å². The highest BCUT2D eigenvalue weighted by atomic mass is 32.2. The highest BCUT2D eigenvalue weighted by Crippen LogP contribution is 2.26. The van der Waals surface area contributed by atoms with E-state index in [-0.39, 0.29) is 18.6 Å². The van der Waals surface area contributed by atoms with Crippen molar-refractivity contribution in [1.82, 2.24) is 8.61 Å². The summed E-state index contributed by atoms with van der Waals surface area (Å²) in [5.74, 6) is 2.23. The molecular weight excluding hydrogens is 272 g/mol. The van der Waals surface area contributed by atoms with Crippen LogP contribution in [0.2, 0.25) is 0 Å². The average molecular weight is 294 g/mol. The second-order valence-corrected chi connectivity index (χ2v) is 8.20. The van der Waals surface area contributed by atoms with E-state index in [0.717, 1.165) is 30.8 Å². The van der Waals surface area contributed by atoms with Crippen LogP contribution in [-0.4, -0.2) is 66.4 Å². The lowest BCUT2D eigenvalue weighted by molar-refractivity contribution is 0.165. The Balaban J connectivity index is 1.98. The van der Waals surface area contributed by atoms with Crippen molar-refractivity contribution in [2.75, 3.05) is 38.2 Å². The summed E-state index contributed by atoms with van der Waals surface area (Å²) >= 11 is 1.82. The number of aliphatic hydroxyl groups is 1. The maximum Gasteiger partial charge on any atom is 0.282 e. The molecule has 0 aromatic rings. The molecule has 0 aromatic heterocycles. The average Bonchev–Trinajstić information content (AvgIpc) is 2.91. The summed E-state index contributed by atoms with van der Waals surface area (Å²) in [5, 5.41) is 9.08. The third kappa shape index (κ3) is 3.01. The molecule has 1 unspecified atom stereocenters. The fourth-order valence-electron chi connectivity index (χ4n) is 2.50. The van der Waals surface area contributed by atoms with Crippen molar-refractivity contribution in [1.29, 1.82) is 0 Å². The number of thioether (sulfide) groups is 1. The Morgan fingerprint density at radius 3 is 2.50 bits per heavy atom. The molecular formula is C11H22N2O3S2. The first-order chi connectivity index (χ1) is 8.55. The van der Waals surface area contributed by atoms with E-state index in [2.05, 4.69) is 0 Å². The minimum Gasteiger partial charge on any atom is -0.396 e. The van der Waals surface area contributed by atoms with Crippen LogP contribution in [0.25, 0.3) is 0 Å². The molecule has 0 amide bonds. The van der Waals surface area contributed by atoms with Crippen molar-refractivity contribution in [3.8, 4) is 0 Å². The van der Waals surface area contributed by atoms with E-state index in [1.807, 2.05) is 11.8 Å². The quantitative estimate of drug-likeness (QED) is 0.814. The normalized spacial score (nSPS) is 28.1. The van der Waals surface area contributed by atoms with E-state index in [1.54, 1.807) is 15.7 Å². The van der Waals surface area contributed by atoms with Gasteiger partial charge in [0.25, 0.3) is 10.2 Å². The van der Waals surface area contributed by atoms with Crippen molar-refractivity contribution in [2.24, 2.45) is 5.92 Å². The Bertz CT molecular complexity index is 360. The lowest BCUT2D eigenvalue weighted by Gasteiger charge is -2.34. The molecule has 0 radical (unpaired) electrons. The van der Waals surface area contributed by atoms with Crippen LogP contribution in [-0.2, 0) is 10.2 Å². The number of rotatable bonds is 4. The topological polar surface area (TPSA) is 60.9 Å². The second kappa shape index (κ2) is 6.09. The summed E-state index contributed by atoms with van der Waals surface area (Å²) in [6.45, 7) is 1.25. The van der Waals surface area contributed by atoms with Crippen LogP contribution >= 0.6 is 11.8 Å². The van der Waals surface area contributed by atoms with E-state index >= 15 is 0 Å². The monoisotopic (exact) mass is 294 g/mol. The van der Waals surface area contributed by atoms with Crippen molar-refractivity contribution in [3.05, 3.63) is 0 Å². The Hall–Kier alpha value is 0.180. The van der Waals surface area contributed by atoms with Crippen LogP contribution < -0.4 is 0 Å². The summed E-state index contributed by atoms with van der Waals surface area (Å²) in [6, 6.07) is 0.149. The molecule has 2 aliphatic heterocycles. The van der Waals surface area contributed by atoms with Crippen molar-refractivity contribution < 1.29 is 13.5 Å². The number of aliphatic hydroxyl groups excluding tert-OH is 1. The van der Waals surface area contributed by atoms with Gasteiger partial charge in [0.15, 0.2) is 0 Å². The van der Waals surface area contributed by atoms with Crippen LogP contribution in [0.3, 0.4) is 0 Å². The van der Waals surface area contributed by atoms with E-state index in [0.29, 0.717) is 13.1 Å². The third-order valence-electron chi connectivity index (χ3n) is 3.94. The third-order valence-corrected chi connectivity index (χ3v) is 7.13. The highest BCUT2D eigenvalue weighted by Gasteiger charge is 2.35. The van der Waals surface area contributed by atoms with Gasteiger partial charge in [-0.25, -0.2) is 0 Å². The second-order valence-electron chi connectivity index (χ2n) is 5.07. The van der Waals surface area contributed by atoms with E-state index in [4.69, 9.17) is 5.11 Å². The fraction of sp³-hybridized carbons (Fsp3) is 1.00. The SMILES string of the molecule is CN(C1CCSC1)S(=O)(=O)N1CCC(CO)CC1. The molecule has 0 bridgehead atoms. The molecule has 18 heavy (non-hydrogen) atoms. The molecule has 2 fully saturated rings. The van der Waals surface area contributed by atoms with Gasteiger partial charge in [-0.15, -0.1) is 0 Å². The van der Waals surface area contributed by atoms with Gasteiger partial charge in [-0.2, -0.15) is 28.8 Å². The lowest BCUT2D eigenvalue weighted by Crippen LogP contribution is -2.49. The van der Waals surface area contributed by atoms with Crippen LogP contribution in [0.4, 0.5) is 0 Å².